The quantitative estimate of drug-likeness (QED) is 0.891. The van der Waals surface area contributed by atoms with Gasteiger partial charge in [0.1, 0.15) is 0 Å². The minimum Gasteiger partial charge on any atom is -0.493 e. The molecule has 1 saturated heterocycles. The minimum atomic E-state index is 0.680. The molecule has 1 aliphatic heterocycles. The van der Waals surface area contributed by atoms with Gasteiger partial charge in [-0.2, -0.15) is 5.10 Å². The van der Waals surface area contributed by atoms with Crippen molar-refractivity contribution in [3.63, 3.8) is 0 Å². The first-order chi connectivity index (χ1) is 9.35. The molecule has 5 nitrogen and oxygen atoms in total. The number of hydrogen-bond donors (Lipinski definition) is 1. The standard InChI is InChI=1S/C14H17N3O2/c1-18-13-4-2-3-5-14(13)19-12-8-16-17(10-12)9-11-6-15-7-11/h2-5,8,10-11,15H,6-7,9H2,1H3. The van der Waals surface area contributed by atoms with Gasteiger partial charge in [-0.15, -0.1) is 0 Å². The molecule has 0 atom stereocenters. The largest absolute Gasteiger partial charge is 0.493 e. The van der Waals surface area contributed by atoms with Gasteiger partial charge < -0.3 is 14.8 Å². The number of methoxy groups -OCH3 is 1. The van der Waals surface area contributed by atoms with E-state index in [9.17, 15) is 0 Å². The van der Waals surface area contributed by atoms with E-state index in [2.05, 4.69) is 10.4 Å². The molecule has 1 aliphatic rings. The molecule has 0 amide bonds. The molecule has 1 fully saturated rings. The van der Waals surface area contributed by atoms with Gasteiger partial charge in [0.05, 0.1) is 19.5 Å². The Morgan fingerprint density at radius 3 is 2.79 bits per heavy atom. The molecule has 3 rings (SSSR count). The zero-order valence-corrected chi connectivity index (χ0v) is 10.9. The summed E-state index contributed by atoms with van der Waals surface area (Å²) in [5.74, 6) is 2.84. The van der Waals surface area contributed by atoms with E-state index in [0.29, 0.717) is 11.7 Å². The maximum atomic E-state index is 5.79. The van der Waals surface area contributed by atoms with Crippen molar-refractivity contribution >= 4 is 0 Å². The van der Waals surface area contributed by atoms with Gasteiger partial charge in [-0.1, -0.05) is 12.1 Å². The van der Waals surface area contributed by atoms with Crippen molar-refractivity contribution in [1.29, 1.82) is 0 Å². The average molecular weight is 259 g/mol. The van der Waals surface area contributed by atoms with Crippen LogP contribution in [0.3, 0.4) is 0 Å². The Morgan fingerprint density at radius 2 is 2.11 bits per heavy atom. The lowest BCUT2D eigenvalue weighted by Crippen LogP contribution is -2.44. The highest BCUT2D eigenvalue weighted by Crippen LogP contribution is 2.30. The smallest absolute Gasteiger partial charge is 0.169 e. The number of nitrogens with one attached hydrogen (secondary N) is 1. The average Bonchev–Trinajstić information content (AvgIpc) is 2.82. The molecule has 0 aliphatic carbocycles. The van der Waals surface area contributed by atoms with Crippen LogP contribution in [0.25, 0.3) is 0 Å². The molecule has 0 unspecified atom stereocenters. The van der Waals surface area contributed by atoms with E-state index in [1.54, 1.807) is 13.3 Å². The van der Waals surface area contributed by atoms with E-state index in [1.165, 1.54) is 0 Å². The lowest BCUT2D eigenvalue weighted by molar-refractivity contribution is 0.295. The van der Waals surface area contributed by atoms with Gasteiger partial charge in [0.25, 0.3) is 0 Å². The van der Waals surface area contributed by atoms with Gasteiger partial charge in [-0.25, -0.2) is 0 Å². The molecule has 1 N–H and O–H groups in total. The second-order valence-electron chi connectivity index (χ2n) is 4.68. The number of aromatic nitrogens is 2. The first kappa shape index (κ1) is 12.0. The first-order valence-corrected chi connectivity index (χ1v) is 6.39. The number of benzene rings is 1. The van der Waals surface area contributed by atoms with Crippen molar-refractivity contribution in [2.45, 2.75) is 6.54 Å². The maximum Gasteiger partial charge on any atom is 0.169 e. The van der Waals surface area contributed by atoms with E-state index < -0.39 is 0 Å². The molecule has 0 radical (unpaired) electrons. The highest BCUT2D eigenvalue weighted by atomic mass is 16.5. The van der Waals surface area contributed by atoms with Crippen molar-refractivity contribution in [1.82, 2.24) is 15.1 Å². The topological polar surface area (TPSA) is 48.3 Å². The van der Waals surface area contributed by atoms with Crippen molar-refractivity contribution in [3.05, 3.63) is 36.7 Å². The summed E-state index contributed by atoms with van der Waals surface area (Å²) < 4.78 is 13.0. The Hall–Kier alpha value is -2.01. The molecular formula is C14H17N3O2. The summed E-state index contributed by atoms with van der Waals surface area (Å²) >= 11 is 0. The van der Waals surface area contributed by atoms with E-state index in [-0.39, 0.29) is 0 Å². The lowest BCUT2D eigenvalue weighted by atomic mass is 10.0. The van der Waals surface area contributed by atoms with E-state index in [0.717, 1.165) is 31.1 Å². The van der Waals surface area contributed by atoms with Gasteiger partial charge >= 0.3 is 0 Å². The predicted octanol–water partition coefficient (Wildman–Crippen LogP) is 1.90. The van der Waals surface area contributed by atoms with Gasteiger partial charge in [-0.05, 0) is 12.1 Å². The van der Waals surface area contributed by atoms with Crippen molar-refractivity contribution in [2.24, 2.45) is 5.92 Å². The Morgan fingerprint density at radius 1 is 1.32 bits per heavy atom. The minimum absolute atomic E-state index is 0.680. The molecule has 1 aromatic carbocycles. The van der Waals surface area contributed by atoms with E-state index >= 15 is 0 Å². The summed E-state index contributed by atoms with van der Waals surface area (Å²) in [5.41, 5.74) is 0. The molecule has 19 heavy (non-hydrogen) atoms. The molecular weight excluding hydrogens is 242 g/mol. The Labute approximate surface area is 112 Å². The molecule has 0 saturated carbocycles. The second-order valence-corrected chi connectivity index (χ2v) is 4.68. The number of hydrogen-bond acceptors (Lipinski definition) is 4. The van der Waals surface area contributed by atoms with Crippen molar-refractivity contribution < 1.29 is 9.47 Å². The summed E-state index contributed by atoms with van der Waals surface area (Å²) in [6, 6.07) is 7.59. The number of rotatable bonds is 5. The second kappa shape index (κ2) is 5.32. The molecule has 5 heteroatoms. The molecule has 0 bridgehead atoms. The SMILES string of the molecule is COc1ccccc1Oc1cnn(CC2CNC2)c1. The van der Waals surface area contributed by atoms with Crippen LogP contribution in [0.4, 0.5) is 0 Å². The molecule has 2 heterocycles. The highest BCUT2D eigenvalue weighted by molar-refractivity contribution is 5.41. The van der Waals surface area contributed by atoms with E-state index in [4.69, 9.17) is 9.47 Å². The fourth-order valence-corrected chi connectivity index (χ4v) is 2.07. The van der Waals surface area contributed by atoms with Crippen LogP contribution in [-0.2, 0) is 6.54 Å². The van der Waals surface area contributed by atoms with Crippen LogP contribution >= 0.6 is 0 Å². The first-order valence-electron chi connectivity index (χ1n) is 6.39. The fourth-order valence-electron chi connectivity index (χ4n) is 2.07. The number of nitrogens with zero attached hydrogens (tertiary/aromatic N) is 2. The third-order valence-electron chi connectivity index (χ3n) is 3.22. The fraction of sp³-hybridized carbons (Fsp3) is 0.357. The van der Waals surface area contributed by atoms with Crippen molar-refractivity contribution in [3.8, 4) is 17.2 Å². The monoisotopic (exact) mass is 259 g/mol. The summed E-state index contributed by atoms with van der Waals surface area (Å²) in [6.45, 7) is 3.08. The highest BCUT2D eigenvalue weighted by Gasteiger charge is 2.17. The number of para-hydroxylation sites is 2. The molecule has 2 aromatic rings. The normalized spacial score (nSPS) is 15.0. The summed E-state index contributed by atoms with van der Waals surface area (Å²) in [7, 11) is 1.63. The van der Waals surface area contributed by atoms with Gasteiger partial charge in [0, 0.05) is 25.6 Å². The molecule has 1 aromatic heterocycles. The van der Waals surface area contributed by atoms with E-state index in [1.807, 2.05) is 35.1 Å². The van der Waals surface area contributed by atoms with Crippen LogP contribution in [0.15, 0.2) is 36.7 Å². The van der Waals surface area contributed by atoms with Crippen LogP contribution in [0.5, 0.6) is 17.2 Å². The lowest BCUT2D eigenvalue weighted by Gasteiger charge is -2.26. The number of ether oxygens (including phenoxy) is 2. The van der Waals surface area contributed by atoms with Crippen LogP contribution in [0, 0.1) is 5.92 Å². The van der Waals surface area contributed by atoms with Gasteiger partial charge in [0.2, 0.25) is 0 Å². The Kier molecular flexibility index (Phi) is 3.37. The Balaban J connectivity index is 1.68. The zero-order valence-electron chi connectivity index (χ0n) is 10.9. The van der Waals surface area contributed by atoms with Gasteiger partial charge in [-0.3, -0.25) is 4.68 Å². The molecule has 0 spiro atoms. The van der Waals surface area contributed by atoms with Gasteiger partial charge in [0.15, 0.2) is 17.2 Å². The van der Waals surface area contributed by atoms with Crippen molar-refractivity contribution in [2.75, 3.05) is 20.2 Å². The third-order valence-corrected chi connectivity index (χ3v) is 3.22. The van der Waals surface area contributed by atoms with Crippen LogP contribution in [0.2, 0.25) is 0 Å². The van der Waals surface area contributed by atoms with Crippen LogP contribution < -0.4 is 14.8 Å². The summed E-state index contributed by atoms with van der Waals surface area (Å²) in [6.07, 6.45) is 3.66. The Bertz CT molecular complexity index is 549. The van der Waals surface area contributed by atoms with Crippen LogP contribution in [0.1, 0.15) is 0 Å². The molecule has 100 valence electrons. The summed E-state index contributed by atoms with van der Waals surface area (Å²) in [4.78, 5) is 0. The third kappa shape index (κ3) is 2.71. The summed E-state index contributed by atoms with van der Waals surface area (Å²) in [5, 5.41) is 7.57. The van der Waals surface area contributed by atoms with Crippen LogP contribution in [-0.4, -0.2) is 30.0 Å². The zero-order chi connectivity index (χ0) is 13.1. The predicted molar refractivity (Wildman–Crippen MR) is 71.7 cm³/mol. The maximum absolute atomic E-state index is 5.79.